The van der Waals surface area contributed by atoms with Gasteiger partial charge >= 0.3 is 0 Å². The standard InChI is InChI=1S/C19H20FNO3/c1-21-18-14(22)9-13-12(19(21)23)7-8-15(16(13)17(18)20)24-10-11-5-3-2-4-6-11/h2-8,13-14,16-18,22H,9-10H2,1H3. The molecule has 2 heterocycles. The number of hydrogen-bond acceptors (Lipinski definition) is 3. The molecular formula is C19H20FNO3. The second-order valence-electron chi connectivity index (χ2n) is 6.75. The third kappa shape index (κ3) is 2.26. The van der Waals surface area contributed by atoms with Crippen LogP contribution in [0, 0.1) is 11.8 Å². The van der Waals surface area contributed by atoms with Crippen LogP contribution >= 0.6 is 0 Å². The van der Waals surface area contributed by atoms with Gasteiger partial charge in [-0.05, 0) is 24.1 Å². The summed E-state index contributed by atoms with van der Waals surface area (Å²) in [5, 5.41) is 10.3. The average molecular weight is 329 g/mol. The van der Waals surface area contributed by atoms with E-state index in [1.165, 1.54) is 4.90 Å². The van der Waals surface area contributed by atoms with Crippen molar-refractivity contribution in [2.24, 2.45) is 11.8 Å². The summed E-state index contributed by atoms with van der Waals surface area (Å²) in [6, 6.07) is 8.90. The topological polar surface area (TPSA) is 49.8 Å². The summed E-state index contributed by atoms with van der Waals surface area (Å²) in [6.07, 6.45) is 1.67. The Kier molecular flexibility index (Phi) is 3.68. The van der Waals surface area contributed by atoms with E-state index in [4.69, 9.17) is 4.74 Å². The largest absolute Gasteiger partial charge is 0.493 e. The third-order valence-corrected chi connectivity index (χ3v) is 5.41. The Morgan fingerprint density at radius 2 is 2.04 bits per heavy atom. The van der Waals surface area contributed by atoms with Crippen molar-refractivity contribution in [1.82, 2.24) is 4.90 Å². The number of amides is 1. The Hall–Kier alpha value is -2.14. The van der Waals surface area contributed by atoms with Gasteiger partial charge in [0.25, 0.3) is 0 Å². The maximum Gasteiger partial charge on any atom is 0.250 e. The lowest BCUT2D eigenvalue weighted by Crippen LogP contribution is -2.54. The van der Waals surface area contributed by atoms with E-state index in [2.05, 4.69) is 0 Å². The van der Waals surface area contributed by atoms with Crippen LogP contribution in [0.2, 0.25) is 0 Å². The van der Waals surface area contributed by atoms with Gasteiger partial charge in [-0.1, -0.05) is 30.3 Å². The monoisotopic (exact) mass is 329 g/mol. The van der Waals surface area contributed by atoms with Gasteiger partial charge in [-0.25, -0.2) is 4.39 Å². The highest BCUT2D eigenvalue weighted by Crippen LogP contribution is 2.48. The van der Waals surface area contributed by atoms with Crippen LogP contribution in [0.15, 0.2) is 53.8 Å². The lowest BCUT2D eigenvalue weighted by atomic mass is 9.69. The minimum atomic E-state index is -1.33. The van der Waals surface area contributed by atoms with Crippen molar-refractivity contribution in [3.05, 3.63) is 59.4 Å². The fourth-order valence-corrected chi connectivity index (χ4v) is 4.20. The third-order valence-electron chi connectivity index (χ3n) is 5.41. The maximum atomic E-state index is 15.2. The Balaban J connectivity index is 1.64. The van der Waals surface area contributed by atoms with Gasteiger partial charge in [-0.15, -0.1) is 0 Å². The molecule has 1 N–H and O–H groups in total. The molecule has 1 aromatic carbocycles. The molecule has 2 aliphatic carbocycles. The van der Waals surface area contributed by atoms with E-state index in [1.54, 1.807) is 19.2 Å². The number of aliphatic hydroxyl groups excluding tert-OH is 1. The second kappa shape index (κ2) is 5.74. The van der Waals surface area contributed by atoms with Crippen LogP contribution in [0.3, 0.4) is 0 Å². The molecule has 2 aliphatic heterocycles. The van der Waals surface area contributed by atoms with E-state index in [1.807, 2.05) is 30.3 Å². The number of alkyl halides is 1. The highest BCUT2D eigenvalue weighted by Gasteiger charge is 2.55. The van der Waals surface area contributed by atoms with Crippen molar-refractivity contribution in [2.75, 3.05) is 7.05 Å². The number of benzene rings is 1. The smallest absolute Gasteiger partial charge is 0.250 e. The van der Waals surface area contributed by atoms with Crippen LogP contribution < -0.4 is 0 Å². The average Bonchev–Trinajstić information content (AvgIpc) is 2.70. The molecular weight excluding hydrogens is 309 g/mol. The van der Waals surface area contributed by atoms with Crippen molar-refractivity contribution >= 4 is 5.91 Å². The number of rotatable bonds is 3. The van der Waals surface area contributed by atoms with Gasteiger partial charge in [-0.2, -0.15) is 0 Å². The highest BCUT2D eigenvalue weighted by atomic mass is 19.1. The van der Waals surface area contributed by atoms with E-state index in [0.29, 0.717) is 24.4 Å². The number of fused-ring (bicyclic) bond motifs is 2. The lowest BCUT2D eigenvalue weighted by molar-refractivity contribution is -0.131. The van der Waals surface area contributed by atoms with Gasteiger partial charge in [-0.3, -0.25) is 4.79 Å². The number of allylic oxidation sites excluding steroid dienone is 3. The molecule has 5 rings (SSSR count). The van der Waals surface area contributed by atoms with Crippen molar-refractivity contribution < 1.29 is 19.0 Å². The highest BCUT2D eigenvalue weighted by molar-refractivity contribution is 5.95. The van der Waals surface area contributed by atoms with E-state index in [-0.39, 0.29) is 11.8 Å². The number of likely N-dealkylation sites (N-methyl/N-ethyl adjacent to an activating group) is 1. The van der Waals surface area contributed by atoms with Crippen LogP contribution in [-0.2, 0) is 16.1 Å². The predicted molar refractivity (Wildman–Crippen MR) is 86.5 cm³/mol. The van der Waals surface area contributed by atoms with Gasteiger partial charge in [0.1, 0.15) is 18.5 Å². The van der Waals surface area contributed by atoms with Crippen LogP contribution in [0.1, 0.15) is 12.0 Å². The first-order valence-electron chi connectivity index (χ1n) is 8.25. The zero-order valence-electron chi connectivity index (χ0n) is 13.4. The molecule has 3 fully saturated rings. The number of hydrogen-bond donors (Lipinski definition) is 1. The quantitative estimate of drug-likeness (QED) is 0.925. The van der Waals surface area contributed by atoms with Crippen molar-refractivity contribution in [1.29, 1.82) is 0 Å². The maximum absolute atomic E-state index is 15.2. The summed E-state index contributed by atoms with van der Waals surface area (Å²) in [6.45, 7) is 0.364. The summed E-state index contributed by atoms with van der Waals surface area (Å²) in [5.74, 6) is -0.444. The zero-order chi connectivity index (χ0) is 16.8. The van der Waals surface area contributed by atoms with Gasteiger partial charge in [0.05, 0.1) is 18.1 Å². The molecule has 4 bridgehead atoms. The van der Waals surface area contributed by atoms with Gasteiger partial charge in [0.2, 0.25) is 5.91 Å². The molecule has 1 amide bonds. The first kappa shape index (κ1) is 15.4. The molecule has 0 radical (unpaired) electrons. The number of aliphatic hydroxyl groups is 1. The number of carbonyl (C=O) groups is 1. The van der Waals surface area contributed by atoms with Crippen LogP contribution in [0.4, 0.5) is 4.39 Å². The molecule has 4 nitrogen and oxygen atoms in total. The summed E-state index contributed by atoms with van der Waals surface area (Å²) in [7, 11) is 1.57. The van der Waals surface area contributed by atoms with E-state index in [0.717, 1.165) is 5.56 Å². The number of carbonyl (C=O) groups excluding carboxylic acids is 1. The first-order valence-corrected chi connectivity index (χ1v) is 8.25. The molecule has 5 atom stereocenters. The predicted octanol–water partition coefficient (Wildman–Crippen LogP) is 2.20. The zero-order valence-corrected chi connectivity index (χ0v) is 13.4. The summed E-state index contributed by atoms with van der Waals surface area (Å²) in [5.41, 5.74) is 1.59. The Morgan fingerprint density at radius 3 is 2.79 bits per heavy atom. The second-order valence-corrected chi connectivity index (χ2v) is 6.75. The molecule has 5 heteroatoms. The van der Waals surface area contributed by atoms with Crippen LogP contribution in [0.5, 0.6) is 0 Å². The van der Waals surface area contributed by atoms with Crippen molar-refractivity contribution in [2.45, 2.75) is 31.3 Å². The molecule has 0 aromatic heterocycles. The van der Waals surface area contributed by atoms with Crippen molar-refractivity contribution in [3.63, 3.8) is 0 Å². The summed E-state index contributed by atoms with van der Waals surface area (Å²) < 4.78 is 21.1. The molecule has 4 aliphatic rings. The molecule has 126 valence electrons. The fraction of sp³-hybridized carbons (Fsp3) is 0.421. The minimum Gasteiger partial charge on any atom is -0.493 e. The number of ether oxygens (including phenoxy) is 1. The number of nitrogens with zero attached hydrogens (tertiary/aromatic N) is 1. The normalized spacial score (nSPS) is 34.5. The Bertz CT molecular complexity index is 715. The fourth-order valence-electron chi connectivity index (χ4n) is 4.20. The molecule has 24 heavy (non-hydrogen) atoms. The van der Waals surface area contributed by atoms with Crippen molar-refractivity contribution in [3.8, 4) is 0 Å². The summed E-state index contributed by atoms with van der Waals surface area (Å²) >= 11 is 0. The lowest BCUT2D eigenvalue weighted by Gasteiger charge is -2.41. The molecule has 5 unspecified atom stereocenters. The Morgan fingerprint density at radius 1 is 1.29 bits per heavy atom. The SMILES string of the molecule is CN1C(=O)C2=CC=C(OCc3ccccc3)C3C2CC(O)C1C3F. The van der Waals surface area contributed by atoms with E-state index >= 15 is 4.39 Å². The molecule has 2 saturated heterocycles. The van der Waals surface area contributed by atoms with Gasteiger partial charge < -0.3 is 14.7 Å². The Labute approximate surface area is 140 Å². The van der Waals surface area contributed by atoms with Crippen LogP contribution in [0.25, 0.3) is 0 Å². The first-order chi connectivity index (χ1) is 11.6. The summed E-state index contributed by atoms with van der Waals surface area (Å²) in [4.78, 5) is 13.9. The van der Waals surface area contributed by atoms with E-state index in [9.17, 15) is 9.90 Å². The van der Waals surface area contributed by atoms with Gasteiger partial charge in [0.15, 0.2) is 0 Å². The van der Waals surface area contributed by atoms with Crippen LogP contribution in [-0.4, -0.2) is 41.3 Å². The van der Waals surface area contributed by atoms with Gasteiger partial charge in [0, 0.05) is 18.5 Å². The number of halogens is 1. The minimum absolute atomic E-state index is 0.190. The molecule has 1 saturated carbocycles. The van der Waals surface area contributed by atoms with E-state index < -0.39 is 24.2 Å². The molecule has 1 aromatic rings. The molecule has 0 spiro atoms.